The number of aromatic nitrogens is 1. The summed E-state index contributed by atoms with van der Waals surface area (Å²) in [7, 11) is 0. The molecule has 1 heterocycles. The molecule has 110 valence electrons. The third-order valence-electron chi connectivity index (χ3n) is 3.79. The molecule has 1 fully saturated rings. The Labute approximate surface area is 118 Å². The van der Waals surface area contributed by atoms with Crippen molar-refractivity contribution in [3.05, 3.63) is 22.2 Å². The van der Waals surface area contributed by atoms with Gasteiger partial charge in [0.05, 0.1) is 4.92 Å². The fraction of sp³-hybridized carbons (Fsp3) is 0.615. The van der Waals surface area contributed by atoms with Crippen LogP contribution in [0.15, 0.2) is 12.1 Å². The molecule has 1 aliphatic rings. The van der Waals surface area contributed by atoms with Crippen molar-refractivity contribution in [1.82, 2.24) is 4.98 Å². The lowest BCUT2D eigenvalue weighted by Gasteiger charge is -2.21. The zero-order chi connectivity index (χ0) is 14.4. The maximum absolute atomic E-state index is 11.0. The van der Waals surface area contributed by atoms with Gasteiger partial charge in [0.2, 0.25) is 5.82 Å². The molecule has 7 nitrogen and oxygen atoms in total. The van der Waals surface area contributed by atoms with Crippen LogP contribution in [-0.2, 0) is 0 Å². The van der Waals surface area contributed by atoms with Crippen LogP contribution in [0.2, 0.25) is 0 Å². The predicted molar refractivity (Wildman–Crippen MR) is 78.4 cm³/mol. The maximum atomic E-state index is 11.0. The van der Waals surface area contributed by atoms with E-state index >= 15 is 0 Å². The molecule has 1 aromatic heterocycles. The Morgan fingerprint density at radius 3 is 2.75 bits per heavy atom. The summed E-state index contributed by atoms with van der Waals surface area (Å²) in [5.74, 6) is 6.70. The molecule has 4 N–H and O–H groups in total. The molecule has 0 aliphatic heterocycles. The fourth-order valence-corrected chi connectivity index (χ4v) is 2.68. The van der Waals surface area contributed by atoms with Gasteiger partial charge in [-0.15, -0.1) is 0 Å². The van der Waals surface area contributed by atoms with Gasteiger partial charge in [-0.3, -0.25) is 10.1 Å². The molecular weight excluding hydrogens is 258 g/mol. The highest BCUT2D eigenvalue weighted by molar-refractivity contribution is 5.59. The van der Waals surface area contributed by atoms with Crippen LogP contribution in [0.4, 0.5) is 17.3 Å². The summed E-state index contributed by atoms with van der Waals surface area (Å²) in [6, 6.07) is 2.90. The van der Waals surface area contributed by atoms with E-state index in [1.807, 2.05) is 0 Å². The van der Waals surface area contributed by atoms with Gasteiger partial charge in [0.1, 0.15) is 5.82 Å². The smallest absolute Gasteiger partial charge is 0.311 e. The van der Waals surface area contributed by atoms with Crippen LogP contribution in [0.5, 0.6) is 0 Å². The summed E-state index contributed by atoms with van der Waals surface area (Å²) >= 11 is 0. The highest BCUT2D eigenvalue weighted by atomic mass is 16.6. The summed E-state index contributed by atoms with van der Waals surface area (Å²) in [5, 5.41) is 14.0. The van der Waals surface area contributed by atoms with Crippen LogP contribution >= 0.6 is 0 Å². The highest BCUT2D eigenvalue weighted by Gasteiger charge is 2.17. The van der Waals surface area contributed by atoms with Crippen molar-refractivity contribution in [2.45, 2.75) is 38.5 Å². The Morgan fingerprint density at radius 1 is 1.35 bits per heavy atom. The quantitative estimate of drug-likeness (QED) is 0.420. The van der Waals surface area contributed by atoms with Crippen molar-refractivity contribution in [3.8, 4) is 0 Å². The van der Waals surface area contributed by atoms with E-state index in [0.717, 1.165) is 12.3 Å². The molecule has 1 saturated carbocycles. The summed E-state index contributed by atoms with van der Waals surface area (Å²) in [4.78, 5) is 14.6. The Bertz CT molecular complexity index is 460. The molecule has 0 unspecified atom stereocenters. The van der Waals surface area contributed by atoms with Gasteiger partial charge < -0.3 is 10.7 Å². The first-order chi connectivity index (χ1) is 9.70. The molecule has 2 rings (SSSR count). The van der Waals surface area contributed by atoms with E-state index in [4.69, 9.17) is 5.84 Å². The minimum Gasteiger partial charge on any atom is -0.364 e. The van der Waals surface area contributed by atoms with Crippen molar-refractivity contribution in [3.63, 3.8) is 0 Å². The molecule has 20 heavy (non-hydrogen) atoms. The highest BCUT2D eigenvalue weighted by Crippen LogP contribution is 2.27. The standard InChI is InChI=1S/C13H21N5O2/c14-17-12-7-6-11(18(19)20)13(16-12)15-9-8-10-4-2-1-3-5-10/h6-7,10H,1-5,8-9,14H2,(H2,15,16,17). The second-order valence-electron chi connectivity index (χ2n) is 5.19. The van der Waals surface area contributed by atoms with Crippen LogP contribution in [0, 0.1) is 16.0 Å². The number of nitrogen functional groups attached to an aromatic ring is 1. The maximum Gasteiger partial charge on any atom is 0.311 e. The lowest BCUT2D eigenvalue weighted by Crippen LogP contribution is -2.15. The number of nitro groups is 1. The van der Waals surface area contributed by atoms with E-state index in [1.165, 1.54) is 44.2 Å². The first-order valence-corrected chi connectivity index (χ1v) is 7.06. The summed E-state index contributed by atoms with van der Waals surface area (Å²) in [6.45, 7) is 0.701. The van der Waals surface area contributed by atoms with Crippen molar-refractivity contribution < 1.29 is 4.92 Å². The molecule has 0 atom stereocenters. The lowest BCUT2D eigenvalue weighted by molar-refractivity contribution is -0.384. The van der Waals surface area contributed by atoms with Crippen LogP contribution in [-0.4, -0.2) is 16.5 Å². The van der Waals surface area contributed by atoms with Crippen LogP contribution in [0.25, 0.3) is 0 Å². The number of nitrogens with one attached hydrogen (secondary N) is 2. The molecule has 1 aliphatic carbocycles. The van der Waals surface area contributed by atoms with E-state index < -0.39 is 4.92 Å². The number of hydrogen-bond donors (Lipinski definition) is 3. The molecule has 0 bridgehead atoms. The molecule has 0 spiro atoms. The Morgan fingerprint density at radius 2 is 2.10 bits per heavy atom. The predicted octanol–water partition coefficient (Wildman–Crippen LogP) is 2.66. The fourth-order valence-electron chi connectivity index (χ4n) is 2.68. The SMILES string of the molecule is NNc1ccc([N+](=O)[O-])c(NCCC2CCCCC2)n1. The summed E-state index contributed by atoms with van der Waals surface area (Å²) in [6.07, 6.45) is 7.49. The molecule has 0 radical (unpaired) electrons. The third-order valence-corrected chi connectivity index (χ3v) is 3.79. The van der Waals surface area contributed by atoms with Crippen molar-refractivity contribution in [2.24, 2.45) is 11.8 Å². The van der Waals surface area contributed by atoms with Crippen LogP contribution < -0.4 is 16.6 Å². The number of nitrogens with two attached hydrogens (primary N) is 1. The Hall–Kier alpha value is -1.89. The minimum atomic E-state index is -0.434. The average Bonchev–Trinajstić information content (AvgIpc) is 2.48. The third kappa shape index (κ3) is 3.80. The molecule has 7 heteroatoms. The van der Waals surface area contributed by atoms with E-state index in [0.29, 0.717) is 12.4 Å². The van der Waals surface area contributed by atoms with Crippen LogP contribution in [0.1, 0.15) is 38.5 Å². The molecule has 0 saturated heterocycles. The molecule has 1 aromatic rings. The topological polar surface area (TPSA) is 106 Å². The van der Waals surface area contributed by atoms with Crippen LogP contribution in [0.3, 0.4) is 0 Å². The first kappa shape index (κ1) is 14.5. The molecular formula is C13H21N5O2. The second-order valence-corrected chi connectivity index (χ2v) is 5.19. The van der Waals surface area contributed by atoms with Gasteiger partial charge in [-0.05, 0) is 18.4 Å². The monoisotopic (exact) mass is 279 g/mol. The zero-order valence-electron chi connectivity index (χ0n) is 11.5. The average molecular weight is 279 g/mol. The van der Waals surface area contributed by atoms with E-state index in [9.17, 15) is 10.1 Å². The van der Waals surface area contributed by atoms with Crippen molar-refractivity contribution >= 4 is 17.3 Å². The zero-order valence-corrected chi connectivity index (χ0v) is 11.5. The Balaban J connectivity index is 1.94. The summed E-state index contributed by atoms with van der Waals surface area (Å²) in [5.41, 5.74) is 2.38. The number of hydrazine groups is 1. The summed E-state index contributed by atoms with van der Waals surface area (Å²) < 4.78 is 0. The number of pyridine rings is 1. The van der Waals surface area contributed by atoms with Gasteiger partial charge in [0, 0.05) is 12.6 Å². The number of rotatable bonds is 6. The van der Waals surface area contributed by atoms with E-state index in [1.54, 1.807) is 0 Å². The molecule has 0 amide bonds. The van der Waals surface area contributed by atoms with Gasteiger partial charge in [0.15, 0.2) is 0 Å². The lowest BCUT2D eigenvalue weighted by atomic mass is 9.87. The first-order valence-electron chi connectivity index (χ1n) is 7.06. The Kier molecular flexibility index (Phi) is 5.11. The van der Waals surface area contributed by atoms with Gasteiger partial charge in [-0.1, -0.05) is 32.1 Å². The van der Waals surface area contributed by atoms with Gasteiger partial charge in [0.25, 0.3) is 0 Å². The number of anilines is 2. The van der Waals surface area contributed by atoms with Gasteiger partial charge in [-0.25, -0.2) is 10.8 Å². The van der Waals surface area contributed by atoms with Crippen molar-refractivity contribution in [2.75, 3.05) is 17.3 Å². The largest absolute Gasteiger partial charge is 0.364 e. The molecule has 0 aromatic carbocycles. The number of nitrogens with zero attached hydrogens (tertiary/aromatic N) is 2. The van der Waals surface area contributed by atoms with Crippen molar-refractivity contribution in [1.29, 1.82) is 0 Å². The van der Waals surface area contributed by atoms with Gasteiger partial charge in [-0.2, -0.15) is 0 Å². The van der Waals surface area contributed by atoms with E-state index in [-0.39, 0.29) is 11.5 Å². The second kappa shape index (κ2) is 7.04. The van der Waals surface area contributed by atoms with Gasteiger partial charge >= 0.3 is 5.69 Å². The normalized spacial score (nSPS) is 15.8. The number of hydrogen-bond acceptors (Lipinski definition) is 6. The van der Waals surface area contributed by atoms with E-state index in [2.05, 4.69) is 15.7 Å². The minimum absolute atomic E-state index is 0.0207.